The maximum Gasteiger partial charge on any atom is 0.326 e. The van der Waals surface area contributed by atoms with Gasteiger partial charge in [0.2, 0.25) is 11.9 Å². The number of nitrogens with zero attached hydrogens (tertiary/aromatic N) is 5. The molecular formula is C21H19N7O3. The molecule has 3 N–H and O–H groups in total. The van der Waals surface area contributed by atoms with Gasteiger partial charge in [0.05, 0.1) is 17.2 Å². The largest absolute Gasteiger partial charge is 0.456 e. The van der Waals surface area contributed by atoms with Crippen molar-refractivity contribution in [3.05, 3.63) is 76.6 Å². The van der Waals surface area contributed by atoms with Gasteiger partial charge < -0.3 is 15.8 Å². The van der Waals surface area contributed by atoms with Crippen LogP contribution in [0.3, 0.4) is 0 Å². The lowest BCUT2D eigenvalue weighted by molar-refractivity contribution is -0.146. The van der Waals surface area contributed by atoms with Crippen LogP contribution in [0.25, 0.3) is 10.9 Å². The van der Waals surface area contributed by atoms with Crippen LogP contribution in [0.1, 0.15) is 11.4 Å². The molecule has 31 heavy (non-hydrogen) atoms. The minimum absolute atomic E-state index is 0.00733. The third-order valence-corrected chi connectivity index (χ3v) is 4.48. The Balaban J connectivity index is 1.44. The van der Waals surface area contributed by atoms with Gasteiger partial charge in [-0.25, -0.2) is 4.98 Å². The van der Waals surface area contributed by atoms with Crippen molar-refractivity contribution in [2.75, 3.05) is 11.1 Å². The average molecular weight is 417 g/mol. The lowest BCUT2D eigenvalue weighted by Crippen LogP contribution is -2.25. The third kappa shape index (κ3) is 4.64. The van der Waals surface area contributed by atoms with E-state index in [0.717, 1.165) is 11.3 Å². The minimum Gasteiger partial charge on any atom is -0.456 e. The van der Waals surface area contributed by atoms with Crippen LogP contribution < -0.4 is 16.6 Å². The molecule has 0 aliphatic carbocycles. The summed E-state index contributed by atoms with van der Waals surface area (Å²) in [5, 5.41) is 3.49. The number of anilines is 3. The first-order valence-electron chi connectivity index (χ1n) is 9.42. The number of ether oxygens (including phenoxy) is 1. The standard InChI is InChI=1S/C21H19N7O3/c1-13-6-2-4-8-15(13)24-21-26-17(25-20(22)27-21)11-31-18(29)10-28-12-23-16-9-5-3-7-14(16)19(28)30/h2-9,12H,10-11H2,1H3,(H3,22,24,25,26,27). The zero-order valence-electron chi connectivity index (χ0n) is 16.6. The van der Waals surface area contributed by atoms with E-state index in [4.69, 9.17) is 10.5 Å². The van der Waals surface area contributed by atoms with Crippen molar-refractivity contribution in [3.8, 4) is 0 Å². The molecule has 0 spiro atoms. The number of aromatic nitrogens is 5. The van der Waals surface area contributed by atoms with Crippen LogP contribution in [0.4, 0.5) is 17.6 Å². The van der Waals surface area contributed by atoms with E-state index in [9.17, 15) is 9.59 Å². The van der Waals surface area contributed by atoms with Crippen LogP contribution >= 0.6 is 0 Å². The van der Waals surface area contributed by atoms with Crippen LogP contribution in [0, 0.1) is 6.92 Å². The number of carbonyl (C=O) groups excluding carboxylic acids is 1. The molecule has 0 saturated carbocycles. The first kappa shape index (κ1) is 20.0. The highest BCUT2D eigenvalue weighted by Gasteiger charge is 2.12. The van der Waals surface area contributed by atoms with Gasteiger partial charge in [0.1, 0.15) is 6.54 Å². The van der Waals surface area contributed by atoms with Crippen LogP contribution in [0.2, 0.25) is 0 Å². The smallest absolute Gasteiger partial charge is 0.326 e. The van der Waals surface area contributed by atoms with Crippen molar-refractivity contribution >= 4 is 34.5 Å². The van der Waals surface area contributed by atoms with Crippen molar-refractivity contribution in [1.82, 2.24) is 24.5 Å². The van der Waals surface area contributed by atoms with Gasteiger partial charge in [-0.2, -0.15) is 15.0 Å². The van der Waals surface area contributed by atoms with Gasteiger partial charge in [-0.3, -0.25) is 14.2 Å². The molecule has 0 unspecified atom stereocenters. The Kier molecular flexibility index (Phi) is 5.52. The van der Waals surface area contributed by atoms with Gasteiger partial charge >= 0.3 is 5.97 Å². The zero-order valence-corrected chi connectivity index (χ0v) is 16.6. The lowest BCUT2D eigenvalue weighted by Gasteiger charge is -2.10. The third-order valence-electron chi connectivity index (χ3n) is 4.48. The average Bonchev–Trinajstić information content (AvgIpc) is 2.76. The molecule has 0 fully saturated rings. The Morgan fingerprint density at radius 1 is 1.10 bits per heavy atom. The number of benzene rings is 2. The van der Waals surface area contributed by atoms with Gasteiger partial charge in [-0.1, -0.05) is 30.3 Å². The number of nitrogens with two attached hydrogens (primary N) is 1. The van der Waals surface area contributed by atoms with Crippen molar-refractivity contribution in [2.45, 2.75) is 20.1 Å². The first-order chi connectivity index (χ1) is 15.0. The summed E-state index contributed by atoms with van der Waals surface area (Å²) in [6.07, 6.45) is 1.32. The Morgan fingerprint density at radius 2 is 1.87 bits per heavy atom. The molecular weight excluding hydrogens is 398 g/mol. The molecule has 0 bridgehead atoms. The quantitative estimate of drug-likeness (QED) is 0.451. The second-order valence-electron chi connectivity index (χ2n) is 6.73. The van der Waals surface area contributed by atoms with Gasteiger partial charge in [-0.15, -0.1) is 0 Å². The van der Waals surface area contributed by atoms with Crippen LogP contribution in [0.5, 0.6) is 0 Å². The van der Waals surface area contributed by atoms with Crippen molar-refractivity contribution < 1.29 is 9.53 Å². The van der Waals surface area contributed by atoms with Gasteiger partial charge in [-0.05, 0) is 30.7 Å². The molecule has 10 nitrogen and oxygen atoms in total. The summed E-state index contributed by atoms with van der Waals surface area (Å²) in [6, 6.07) is 14.5. The Labute approximate surface area is 176 Å². The normalized spacial score (nSPS) is 10.7. The fourth-order valence-corrected chi connectivity index (χ4v) is 2.94. The molecule has 0 aliphatic heterocycles. The van der Waals surface area contributed by atoms with E-state index >= 15 is 0 Å². The predicted octanol–water partition coefficient (Wildman–Crippen LogP) is 1.96. The van der Waals surface area contributed by atoms with E-state index < -0.39 is 5.97 Å². The van der Waals surface area contributed by atoms with E-state index in [2.05, 4.69) is 25.3 Å². The molecule has 2 aromatic carbocycles. The minimum atomic E-state index is -0.633. The van der Waals surface area contributed by atoms with Gasteiger partial charge in [0.25, 0.3) is 5.56 Å². The summed E-state index contributed by atoms with van der Waals surface area (Å²) in [6.45, 7) is 1.44. The van der Waals surface area contributed by atoms with Gasteiger partial charge in [0, 0.05) is 5.69 Å². The summed E-state index contributed by atoms with van der Waals surface area (Å²) in [5.74, 6) is -0.220. The molecule has 0 radical (unpaired) electrons. The summed E-state index contributed by atoms with van der Waals surface area (Å²) in [4.78, 5) is 41.2. The molecule has 4 aromatic rings. The van der Waals surface area contributed by atoms with E-state index in [1.54, 1.807) is 24.3 Å². The van der Waals surface area contributed by atoms with E-state index in [1.165, 1.54) is 10.9 Å². The Bertz CT molecular complexity index is 1320. The zero-order chi connectivity index (χ0) is 21.8. The van der Waals surface area contributed by atoms with Crippen molar-refractivity contribution in [1.29, 1.82) is 0 Å². The number of nitrogens with one attached hydrogen (secondary N) is 1. The van der Waals surface area contributed by atoms with Crippen molar-refractivity contribution in [3.63, 3.8) is 0 Å². The summed E-state index contributed by atoms with van der Waals surface area (Å²) >= 11 is 0. The monoisotopic (exact) mass is 417 g/mol. The van der Waals surface area contributed by atoms with E-state index in [0.29, 0.717) is 10.9 Å². The second-order valence-corrected chi connectivity index (χ2v) is 6.73. The van der Waals surface area contributed by atoms with E-state index in [-0.39, 0.29) is 36.4 Å². The molecule has 0 atom stereocenters. The highest BCUT2D eigenvalue weighted by atomic mass is 16.5. The van der Waals surface area contributed by atoms with Crippen LogP contribution in [-0.2, 0) is 22.7 Å². The predicted molar refractivity (Wildman–Crippen MR) is 115 cm³/mol. The van der Waals surface area contributed by atoms with Crippen LogP contribution in [-0.4, -0.2) is 30.5 Å². The number of hydrogen-bond donors (Lipinski definition) is 2. The highest BCUT2D eigenvalue weighted by molar-refractivity contribution is 5.77. The number of para-hydroxylation sites is 2. The highest BCUT2D eigenvalue weighted by Crippen LogP contribution is 2.17. The number of hydrogen-bond acceptors (Lipinski definition) is 9. The molecule has 10 heteroatoms. The Hall–Kier alpha value is -4.34. The Morgan fingerprint density at radius 3 is 2.71 bits per heavy atom. The molecule has 156 valence electrons. The number of nitrogen functional groups attached to an aromatic ring is 1. The van der Waals surface area contributed by atoms with Crippen LogP contribution in [0.15, 0.2) is 59.7 Å². The fourth-order valence-electron chi connectivity index (χ4n) is 2.94. The molecule has 2 aromatic heterocycles. The summed E-state index contributed by atoms with van der Waals surface area (Å²) < 4.78 is 6.41. The molecule has 0 saturated heterocycles. The molecule has 4 rings (SSSR count). The first-order valence-corrected chi connectivity index (χ1v) is 9.42. The number of rotatable bonds is 6. The maximum atomic E-state index is 12.5. The SMILES string of the molecule is Cc1ccccc1Nc1nc(N)nc(COC(=O)Cn2cnc3ccccc3c2=O)n1. The summed E-state index contributed by atoms with van der Waals surface area (Å²) in [7, 11) is 0. The molecule has 2 heterocycles. The number of fused-ring (bicyclic) bond motifs is 1. The maximum absolute atomic E-state index is 12.5. The second kappa shape index (κ2) is 8.57. The number of aryl methyl sites for hydroxylation is 1. The van der Waals surface area contributed by atoms with Crippen molar-refractivity contribution in [2.24, 2.45) is 0 Å². The van der Waals surface area contributed by atoms with E-state index in [1.807, 2.05) is 31.2 Å². The summed E-state index contributed by atoms with van der Waals surface area (Å²) in [5.41, 5.74) is 7.82. The number of carbonyl (C=O) groups is 1. The topological polar surface area (TPSA) is 138 Å². The van der Waals surface area contributed by atoms with Gasteiger partial charge in [0.15, 0.2) is 12.4 Å². The fraction of sp³-hybridized carbons (Fsp3) is 0.143. The lowest BCUT2D eigenvalue weighted by atomic mass is 10.2. The molecule has 0 amide bonds. The number of esters is 1. The molecule has 0 aliphatic rings.